The van der Waals surface area contributed by atoms with Gasteiger partial charge in [0.25, 0.3) is 0 Å². The van der Waals surface area contributed by atoms with Crippen molar-refractivity contribution in [2.75, 3.05) is 0 Å². The van der Waals surface area contributed by atoms with Crippen molar-refractivity contribution in [3.63, 3.8) is 0 Å². The van der Waals surface area contributed by atoms with Crippen LogP contribution in [0.25, 0.3) is 0 Å². The summed E-state index contributed by atoms with van der Waals surface area (Å²) in [5.74, 6) is 0. The predicted molar refractivity (Wildman–Crippen MR) is 20.8 cm³/mol. The maximum Gasteiger partial charge on any atom is 2.00 e. The van der Waals surface area contributed by atoms with Crippen LogP contribution in [0.1, 0.15) is 0 Å². The minimum absolute atomic E-state index is 0. The van der Waals surface area contributed by atoms with Crippen molar-refractivity contribution >= 4 is 97.1 Å². The number of hydrogen-bond acceptors (Lipinski definition) is 5. The molecule has 0 aliphatic heterocycles. The molecule has 0 heterocycles. The van der Waals surface area contributed by atoms with E-state index in [1.54, 1.807) is 0 Å². The average Bonchev–Trinajstić information content (AvgIpc) is 0.811. The summed E-state index contributed by atoms with van der Waals surface area (Å²) in [6, 6.07) is 0. The Morgan fingerprint density at radius 1 is 1.00 bits per heavy atom. The second-order valence-corrected chi connectivity index (χ2v) is 0.250. The molecule has 7 heteroatoms. The number of hydrogen-bond donors (Lipinski definition) is 0. The first-order valence-electron chi connectivity index (χ1n) is 0.612. The molecule has 0 atom stereocenters. The van der Waals surface area contributed by atoms with E-state index in [0.717, 1.165) is 0 Å². The quantitative estimate of drug-likeness (QED) is 0.421. The van der Waals surface area contributed by atoms with E-state index in [0.29, 0.717) is 0 Å². The molecule has 0 rings (SSSR count). The minimum atomic E-state index is -2.33. The van der Waals surface area contributed by atoms with Gasteiger partial charge < -0.3 is 26.0 Å². The van der Waals surface area contributed by atoms with Gasteiger partial charge in [-0.2, -0.15) is 0 Å². The Morgan fingerprint density at radius 2 is 1.00 bits per heavy atom. The second-order valence-electron chi connectivity index (χ2n) is 0.250. The molecule has 0 unspecified atom stereocenters. The fraction of sp³-hybridized carbons (Fsp3) is 0. The van der Waals surface area contributed by atoms with Gasteiger partial charge >= 0.3 is 91.0 Å². The first kappa shape index (κ1) is 32.0. The molecule has 0 saturated carbocycles. The second kappa shape index (κ2) is 22.9. The van der Waals surface area contributed by atoms with Gasteiger partial charge in [0.2, 0.25) is 0 Å². The van der Waals surface area contributed by atoms with Crippen molar-refractivity contribution in [3.8, 4) is 0 Å². The summed E-state index contributed by atoms with van der Waals surface area (Å²) in [4.78, 5) is 8.33. The fourth-order valence-electron chi connectivity index (χ4n) is 0. The van der Waals surface area contributed by atoms with E-state index in [1.807, 2.05) is 0 Å². The smallest absolute Gasteiger partial charge is 0.870 e. The van der Waals surface area contributed by atoms with E-state index >= 15 is 0 Å². The van der Waals surface area contributed by atoms with Gasteiger partial charge in [-0.05, 0) is 6.16 Å². The summed E-state index contributed by atoms with van der Waals surface area (Å²) >= 11 is 0. The van der Waals surface area contributed by atoms with Gasteiger partial charge in [-0.15, -0.1) is 0 Å². The molecule has 40 valence electrons. The van der Waals surface area contributed by atoms with E-state index < -0.39 is 6.16 Å². The molecule has 0 aliphatic rings. The average molecular weight is 269 g/mol. The normalized spacial score (nSPS) is 3.00. The van der Waals surface area contributed by atoms with Gasteiger partial charge in [0.05, 0.1) is 0 Å². The van der Waals surface area contributed by atoms with Crippen LogP contribution in [0.4, 0.5) is 4.79 Å². The molecule has 0 aromatic heterocycles. The third kappa shape index (κ3) is 90.1. The van der Waals surface area contributed by atoms with Crippen molar-refractivity contribution in [2.45, 2.75) is 0 Å². The van der Waals surface area contributed by atoms with Crippen molar-refractivity contribution in [2.24, 2.45) is 0 Å². The first-order valence-corrected chi connectivity index (χ1v) is 0.612. The van der Waals surface area contributed by atoms with Crippen molar-refractivity contribution in [1.82, 2.24) is 0 Å². The van der Waals surface area contributed by atoms with Crippen LogP contribution in [-0.4, -0.2) is 108 Å². The summed E-state index contributed by atoms with van der Waals surface area (Å²) in [6.45, 7) is 0. The van der Waals surface area contributed by atoms with Crippen LogP contribution in [0.5, 0.6) is 0 Å². The number of carbonyl (C=O) groups is 1. The molecule has 0 radical (unpaired) electrons. The topological polar surface area (TPSA) is 123 Å². The van der Waals surface area contributed by atoms with Crippen LogP contribution in [-0.2, 0) is 0 Å². The molecule has 0 aromatic carbocycles. The van der Waals surface area contributed by atoms with Crippen LogP contribution in [0, 0.1) is 0 Å². The van der Waals surface area contributed by atoms with Crippen LogP contribution < -0.4 is 10.2 Å². The Bertz CT molecular complexity index is 33.4. The third-order valence-electron chi connectivity index (χ3n) is 0. The Kier molecular flexibility index (Phi) is 91.8. The fourth-order valence-corrected chi connectivity index (χ4v) is 0. The molecular formula is CH2O5Sr2. The monoisotopic (exact) mass is 270 g/mol. The standard InChI is InChI=1S/CH2O3.2H2O.2Sr/c2-1(3)4;;;;/h(H2,2,3,4);2*1H2;;/q;;;2*+2/p-4. The van der Waals surface area contributed by atoms with Crippen molar-refractivity contribution in [1.29, 1.82) is 0 Å². The molecule has 0 amide bonds. The van der Waals surface area contributed by atoms with Gasteiger partial charge in [-0.3, -0.25) is 0 Å². The van der Waals surface area contributed by atoms with Gasteiger partial charge in [0.15, 0.2) is 0 Å². The Morgan fingerprint density at radius 3 is 1.00 bits per heavy atom. The molecule has 2 N–H and O–H groups in total. The van der Waals surface area contributed by atoms with E-state index in [2.05, 4.69) is 0 Å². The van der Waals surface area contributed by atoms with Gasteiger partial charge in [-0.1, -0.05) is 0 Å². The van der Waals surface area contributed by atoms with E-state index in [-0.39, 0.29) is 102 Å². The summed E-state index contributed by atoms with van der Waals surface area (Å²) in [6.07, 6.45) is -2.33. The zero-order valence-electron chi connectivity index (χ0n) is 4.03. The van der Waals surface area contributed by atoms with Gasteiger partial charge in [0.1, 0.15) is 0 Å². The van der Waals surface area contributed by atoms with E-state index in [1.165, 1.54) is 0 Å². The van der Waals surface area contributed by atoms with Gasteiger partial charge in [-0.25, -0.2) is 0 Å². The molecule has 0 saturated heterocycles. The summed E-state index contributed by atoms with van der Waals surface area (Å²) in [5.41, 5.74) is 0. The maximum atomic E-state index is 8.33. The predicted octanol–water partition coefficient (Wildman–Crippen LogP) is -3.56. The SMILES string of the molecule is O=C([O-])[O-].[OH-].[OH-].[Sr+2].[Sr+2]. The molecule has 0 fully saturated rings. The third-order valence-corrected chi connectivity index (χ3v) is 0. The molecule has 5 nitrogen and oxygen atoms in total. The van der Waals surface area contributed by atoms with Crippen LogP contribution in [0.3, 0.4) is 0 Å². The zero-order chi connectivity index (χ0) is 3.58. The summed E-state index contributed by atoms with van der Waals surface area (Å²) < 4.78 is 0. The largest absolute Gasteiger partial charge is 2.00 e. The number of rotatable bonds is 0. The Hall–Kier alpha value is 2.15. The zero-order valence-corrected chi connectivity index (χ0v) is 11.0. The molecule has 0 aromatic rings. The molecular weight excluding hydrogens is 267 g/mol. The summed E-state index contributed by atoms with van der Waals surface area (Å²) in [5, 5.41) is 16.7. The molecule has 8 heavy (non-hydrogen) atoms. The number of carboxylic acid groups (broad SMARTS) is 2. The Balaban J connectivity index is -0.00000000750. The van der Waals surface area contributed by atoms with Crippen LogP contribution in [0.15, 0.2) is 0 Å². The summed E-state index contributed by atoms with van der Waals surface area (Å²) in [7, 11) is 0. The molecule has 0 bridgehead atoms. The number of carbonyl (C=O) groups excluding carboxylic acids is 1. The van der Waals surface area contributed by atoms with Crippen molar-refractivity contribution in [3.05, 3.63) is 0 Å². The van der Waals surface area contributed by atoms with Crippen LogP contribution in [0.2, 0.25) is 0 Å². The van der Waals surface area contributed by atoms with Gasteiger partial charge in [0, 0.05) is 0 Å². The Labute approximate surface area is 120 Å². The molecule has 0 aliphatic carbocycles. The van der Waals surface area contributed by atoms with E-state index in [4.69, 9.17) is 15.0 Å². The van der Waals surface area contributed by atoms with Crippen molar-refractivity contribution < 1.29 is 26.0 Å². The van der Waals surface area contributed by atoms with Crippen LogP contribution >= 0.6 is 0 Å². The van der Waals surface area contributed by atoms with E-state index in [9.17, 15) is 0 Å². The molecule has 0 spiro atoms. The maximum absolute atomic E-state index is 8.33. The minimum Gasteiger partial charge on any atom is -0.870 e. The first-order chi connectivity index (χ1) is 1.73.